The third-order valence-corrected chi connectivity index (χ3v) is 11.4. The fourth-order valence-electron chi connectivity index (χ4n) is 8.57. The molecule has 0 aliphatic carbocycles. The molecule has 0 unspecified atom stereocenters. The van der Waals surface area contributed by atoms with Gasteiger partial charge in [-0.3, -0.25) is 0 Å². The monoisotopic (exact) mass is 725 g/mol. The van der Waals surface area contributed by atoms with Gasteiger partial charge in [0.15, 0.2) is 17.5 Å². The Hall–Kier alpha value is -7.69. The lowest BCUT2D eigenvalue weighted by Gasteiger charge is -2.11. The fourth-order valence-corrected chi connectivity index (χ4v) is 8.57. The van der Waals surface area contributed by atoms with Crippen LogP contribution in [0.4, 0.5) is 0 Å². The van der Waals surface area contributed by atoms with E-state index >= 15 is 0 Å². The van der Waals surface area contributed by atoms with Gasteiger partial charge >= 0.3 is 0 Å². The number of nitrogens with zero attached hydrogens (tertiary/aromatic N) is 3. The Morgan fingerprint density at radius 1 is 0.298 bits per heavy atom. The Bertz CT molecular complexity index is 3500. The van der Waals surface area contributed by atoms with Crippen LogP contribution in [0.5, 0.6) is 0 Å². The van der Waals surface area contributed by atoms with Gasteiger partial charge in [0, 0.05) is 33.0 Å². The molecule has 2 aromatic heterocycles. The predicted molar refractivity (Wildman–Crippen MR) is 236 cm³/mol. The molecule has 57 heavy (non-hydrogen) atoms. The van der Waals surface area contributed by atoms with E-state index in [2.05, 4.69) is 188 Å². The molecule has 0 radical (unpaired) electrons. The van der Waals surface area contributed by atoms with E-state index in [4.69, 9.17) is 19.4 Å². The third kappa shape index (κ3) is 5.19. The Morgan fingerprint density at radius 3 is 1.28 bits per heavy atom. The van der Waals surface area contributed by atoms with Crippen molar-refractivity contribution in [2.75, 3.05) is 0 Å². The van der Waals surface area contributed by atoms with Crippen LogP contribution in [0.25, 0.3) is 121 Å². The molecule has 0 saturated heterocycles. The van der Waals surface area contributed by atoms with Crippen LogP contribution in [0.1, 0.15) is 0 Å². The minimum Gasteiger partial charge on any atom is -0.455 e. The second kappa shape index (κ2) is 12.4. The molecular weight excluding hydrogens is 695 g/mol. The summed E-state index contributed by atoms with van der Waals surface area (Å²) in [4.78, 5) is 15.3. The van der Waals surface area contributed by atoms with E-state index in [0.717, 1.165) is 71.3 Å². The van der Waals surface area contributed by atoms with Crippen LogP contribution in [0.3, 0.4) is 0 Å². The van der Waals surface area contributed by atoms with Gasteiger partial charge in [-0.25, -0.2) is 15.0 Å². The first-order valence-corrected chi connectivity index (χ1v) is 19.2. The van der Waals surface area contributed by atoms with Crippen LogP contribution >= 0.6 is 0 Å². The lowest BCUT2D eigenvalue weighted by molar-refractivity contribution is 0.670. The highest BCUT2D eigenvalue weighted by molar-refractivity contribution is 6.28. The topological polar surface area (TPSA) is 51.8 Å². The Balaban J connectivity index is 1.01. The van der Waals surface area contributed by atoms with Crippen LogP contribution < -0.4 is 0 Å². The van der Waals surface area contributed by atoms with Gasteiger partial charge in [0.1, 0.15) is 11.2 Å². The standard InChI is InChI=1S/C53H31N3O/c1-3-12-35-28-41(22-17-32(35)9-1)51-54-52(42-23-18-33-10-2-4-13-36(33)29-42)56-53(55-51)43-24-20-37-27-40(21-19-38(37)30-43)46-31-39-14-6-8-16-45(39)49-48-44-15-7-5-11-34(44)25-26-47(48)57-50(46)49/h1-31H. The molecular formula is C53H31N3O. The van der Waals surface area contributed by atoms with Gasteiger partial charge in [0.05, 0.1) is 0 Å². The molecule has 4 heteroatoms. The second-order valence-electron chi connectivity index (χ2n) is 14.8. The number of benzene rings is 10. The maximum absolute atomic E-state index is 6.76. The molecule has 0 aliphatic heterocycles. The molecule has 4 nitrogen and oxygen atoms in total. The second-order valence-corrected chi connectivity index (χ2v) is 14.8. The lowest BCUT2D eigenvalue weighted by atomic mass is 9.93. The molecule has 12 aromatic rings. The molecule has 0 fully saturated rings. The predicted octanol–water partition coefficient (Wildman–Crippen LogP) is 14.2. The Kier molecular flexibility index (Phi) is 6.89. The highest BCUT2D eigenvalue weighted by Crippen LogP contribution is 2.44. The minimum atomic E-state index is 0.632. The Morgan fingerprint density at radius 2 is 0.702 bits per heavy atom. The summed E-state index contributed by atoms with van der Waals surface area (Å²) >= 11 is 0. The lowest BCUT2D eigenvalue weighted by Crippen LogP contribution is -2.00. The summed E-state index contributed by atoms with van der Waals surface area (Å²) < 4.78 is 6.76. The number of furan rings is 1. The quantitative estimate of drug-likeness (QED) is 0.181. The van der Waals surface area contributed by atoms with Gasteiger partial charge in [-0.05, 0) is 95.8 Å². The number of rotatable bonds is 4. The van der Waals surface area contributed by atoms with E-state index in [0.29, 0.717) is 17.5 Å². The van der Waals surface area contributed by atoms with Crippen molar-refractivity contribution in [2.45, 2.75) is 0 Å². The maximum Gasteiger partial charge on any atom is 0.164 e. The number of hydrogen-bond acceptors (Lipinski definition) is 4. The zero-order valence-electron chi connectivity index (χ0n) is 30.6. The largest absolute Gasteiger partial charge is 0.455 e. The number of aromatic nitrogens is 3. The molecule has 0 spiro atoms. The van der Waals surface area contributed by atoms with Gasteiger partial charge in [0.2, 0.25) is 0 Å². The molecule has 0 aliphatic rings. The van der Waals surface area contributed by atoms with Crippen molar-refractivity contribution in [2.24, 2.45) is 0 Å². The molecule has 264 valence electrons. The molecule has 2 heterocycles. The van der Waals surface area contributed by atoms with Gasteiger partial charge in [-0.1, -0.05) is 152 Å². The van der Waals surface area contributed by atoms with Gasteiger partial charge < -0.3 is 4.42 Å². The van der Waals surface area contributed by atoms with Crippen LogP contribution in [0.15, 0.2) is 192 Å². The smallest absolute Gasteiger partial charge is 0.164 e. The molecule has 12 rings (SSSR count). The van der Waals surface area contributed by atoms with Crippen molar-refractivity contribution in [1.29, 1.82) is 0 Å². The average Bonchev–Trinajstić information content (AvgIpc) is 3.69. The summed E-state index contributed by atoms with van der Waals surface area (Å²) in [5, 5.41) is 14.0. The van der Waals surface area contributed by atoms with Gasteiger partial charge in [-0.2, -0.15) is 0 Å². The van der Waals surface area contributed by atoms with E-state index in [-0.39, 0.29) is 0 Å². The molecule has 10 aromatic carbocycles. The highest BCUT2D eigenvalue weighted by Gasteiger charge is 2.19. The first kappa shape index (κ1) is 31.6. The van der Waals surface area contributed by atoms with E-state index in [1.807, 2.05) is 0 Å². The SMILES string of the molecule is c1ccc2cc(-c3nc(-c4ccc5ccccc5c4)nc(-c4ccc5cc(-c6cc7ccccc7c7c6oc6ccc8ccccc8c67)ccc5c4)n3)ccc2c1. The third-order valence-electron chi connectivity index (χ3n) is 11.4. The van der Waals surface area contributed by atoms with Gasteiger partial charge in [-0.15, -0.1) is 0 Å². The zero-order valence-corrected chi connectivity index (χ0v) is 30.6. The number of hydrogen-bond donors (Lipinski definition) is 0. The van der Waals surface area contributed by atoms with Crippen molar-refractivity contribution in [1.82, 2.24) is 15.0 Å². The van der Waals surface area contributed by atoms with Crippen molar-refractivity contribution >= 4 is 75.8 Å². The summed E-state index contributed by atoms with van der Waals surface area (Å²) in [5.41, 5.74) is 6.81. The highest BCUT2D eigenvalue weighted by atomic mass is 16.3. The van der Waals surface area contributed by atoms with E-state index in [1.54, 1.807) is 0 Å². The summed E-state index contributed by atoms with van der Waals surface area (Å²) in [5.74, 6) is 1.92. The number of fused-ring (bicyclic) bond motifs is 10. The minimum absolute atomic E-state index is 0.632. The molecule has 0 N–H and O–H groups in total. The molecule has 0 saturated carbocycles. The summed E-state index contributed by atoms with van der Waals surface area (Å²) in [7, 11) is 0. The Labute approximate surface area is 327 Å². The molecule has 0 bridgehead atoms. The van der Waals surface area contributed by atoms with Crippen molar-refractivity contribution in [3.05, 3.63) is 188 Å². The van der Waals surface area contributed by atoms with Crippen LogP contribution in [0.2, 0.25) is 0 Å². The first-order valence-electron chi connectivity index (χ1n) is 19.2. The van der Waals surface area contributed by atoms with E-state index < -0.39 is 0 Å². The summed E-state index contributed by atoms with van der Waals surface area (Å²) in [6.07, 6.45) is 0. The van der Waals surface area contributed by atoms with Crippen molar-refractivity contribution in [3.63, 3.8) is 0 Å². The van der Waals surface area contributed by atoms with Crippen molar-refractivity contribution in [3.8, 4) is 45.3 Å². The summed E-state index contributed by atoms with van der Waals surface area (Å²) in [6.45, 7) is 0. The first-order chi connectivity index (χ1) is 28.2. The fraction of sp³-hybridized carbons (Fsp3) is 0. The van der Waals surface area contributed by atoms with Crippen LogP contribution in [0, 0.1) is 0 Å². The molecule has 0 amide bonds. The van der Waals surface area contributed by atoms with Crippen LogP contribution in [-0.2, 0) is 0 Å². The van der Waals surface area contributed by atoms with Gasteiger partial charge in [0.25, 0.3) is 0 Å². The van der Waals surface area contributed by atoms with Crippen LogP contribution in [-0.4, -0.2) is 15.0 Å². The van der Waals surface area contributed by atoms with E-state index in [1.165, 1.54) is 32.3 Å². The molecule has 0 atom stereocenters. The average molecular weight is 726 g/mol. The summed E-state index contributed by atoms with van der Waals surface area (Å²) in [6, 6.07) is 66.4. The van der Waals surface area contributed by atoms with Crippen molar-refractivity contribution < 1.29 is 4.42 Å². The van der Waals surface area contributed by atoms with E-state index in [9.17, 15) is 0 Å². The zero-order chi connectivity index (χ0) is 37.5. The maximum atomic E-state index is 6.76. The normalized spacial score (nSPS) is 11.9.